The molecule has 1 aromatic heterocycles. The zero-order valence-electron chi connectivity index (χ0n) is 12.4. The van der Waals surface area contributed by atoms with Crippen molar-refractivity contribution in [2.75, 3.05) is 14.2 Å². The second kappa shape index (κ2) is 6.77. The maximum absolute atomic E-state index is 5.45. The van der Waals surface area contributed by atoms with Gasteiger partial charge in [-0.1, -0.05) is 6.07 Å². The van der Waals surface area contributed by atoms with Crippen LogP contribution < -0.4 is 14.8 Å². The largest absolute Gasteiger partial charge is 0.497 e. The van der Waals surface area contributed by atoms with Crippen molar-refractivity contribution in [3.8, 4) is 11.5 Å². The molecule has 0 aliphatic rings. The Labute approximate surface area is 124 Å². The van der Waals surface area contributed by atoms with Gasteiger partial charge in [0, 0.05) is 29.1 Å². The lowest BCUT2D eigenvalue weighted by atomic mass is 10.1. The molecular weight excluding hydrogens is 270 g/mol. The molecular formula is C16H21NO2S. The Morgan fingerprint density at radius 3 is 2.60 bits per heavy atom. The molecule has 0 spiro atoms. The number of ether oxygens (including phenoxy) is 2. The Hall–Kier alpha value is -1.52. The summed E-state index contributed by atoms with van der Waals surface area (Å²) in [5.41, 5.74) is 2.49. The molecule has 4 heteroatoms. The summed E-state index contributed by atoms with van der Waals surface area (Å²) in [5, 5.41) is 5.67. The van der Waals surface area contributed by atoms with E-state index in [-0.39, 0.29) is 6.04 Å². The Morgan fingerprint density at radius 2 is 2.00 bits per heavy atom. The van der Waals surface area contributed by atoms with Crippen LogP contribution in [0.2, 0.25) is 0 Å². The fourth-order valence-electron chi connectivity index (χ4n) is 2.12. The molecule has 1 atom stereocenters. The van der Waals surface area contributed by atoms with E-state index in [0.29, 0.717) is 0 Å². The predicted molar refractivity (Wildman–Crippen MR) is 83.9 cm³/mol. The molecule has 20 heavy (non-hydrogen) atoms. The van der Waals surface area contributed by atoms with Crippen LogP contribution in [0, 0.1) is 6.92 Å². The van der Waals surface area contributed by atoms with Crippen molar-refractivity contribution in [1.82, 2.24) is 5.32 Å². The summed E-state index contributed by atoms with van der Waals surface area (Å²) in [6, 6.07) is 8.31. The number of rotatable bonds is 6. The van der Waals surface area contributed by atoms with Crippen LogP contribution >= 0.6 is 11.3 Å². The van der Waals surface area contributed by atoms with Crippen LogP contribution in [-0.2, 0) is 6.54 Å². The summed E-state index contributed by atoms with van der Waals surface area (Å²) in [7, 11) is 3.35. The first-order valence-electron chi connectivity index (χ1n) is 6.64. The minimum absolute atomic E-state index is 0.220. The summed E-state index contributed by atoms with van der Waals surface area (Å²) in [6.45, 7) is 5.17. The van der Waals surface area contributed by atoms with Gasteiger partial charge in [-0.05, 0) is 36.9 Å². The maximum Gasteiger partial charge on any atom is 0.127 e. The SMILES string of the molecule is COc1ccc(C(C)NCc2sccc2C)c(OC)c1. The van der Waals surface area contributed by atoms with Crippen molar-refractivity contribution in [1.29, 1.82) is 0 Å². The molecule has 1 N–H and O–H groups in total. The molecule has 0 aliphatic carbocycles. The molecule has 0 amide bonds. The molecule has 2 aromatic rings. The highest BCUT2D eigenvalue weighted by Gasteiger charge is 2.12. The quantitative estimate of drug-likeness (QED) is 0.875. The summed E-state index contributed by atoms with van der Waals surface area (Å²) >= 11 is 1.79. The zero-order valence-corrected chi connectivity index (χ0v) is 13.2. The molecule has 0 radical (unpaired) electrons. The van der Waals surface area contributed by atoms with Gasteiger partial charge in [0.05, 0.1) is 14.2 Å². The third-order valence-electron chi connectivity index (χ3n) is 3.44. The Morgan fingerprint density at radius 1 is 1.20 bits per heavy atom. The van der Waals surface area contributed by atoms with Gasteiger partial charge in [0.1, 0.15) is 11.5 Å². The first-order valence-corrected chi connectivity index (χ1v) is 7.52. The number of methoxy groups -OCH3 is 2. The van der Waals surface area contributed by atoms with Crippen molar-refractivity contribution < 1.29 is 9.47 Å². The first-order chi connectivity index (χ1) is 9.65. The van der Waals surface area contributed by atoms with E-state index in [2.05, 4.69) is 36.7 Å². The lowest BCUT2D eigenvalue weighted by molar-refractivity contribution is 0.386. The Bertz CT molecular complexity index is 565. The summed E-state index contributed by atoms with van der Waals surface area (Å²) in [4.78, 5) is 1.38. The fraction of sp³-hybridized carbons (Fsp3) is 0.375. The maximum atomic E-state index is 5.45. The number of aryl methyl sites for hydroxylation is 1. The number of thiophene rings is 1. The average molecular weight is 291 g/mol. The van der Waals surface area contributed by atoms with Crippen LogP contribution in [-0.4, -0.2) is 14.2 Å². The van der Waals surface area contributed by atoms with E-state index < -0.39 is 0 Å². The van der Waals surface area contributed by atoms with Gasteiger partial charge in [-0.25, -0.2) is 0 Å². The molecule has 0 saturated heterocycles. The lowest BCUT2D eigenvalue weighted by Crippen LogP contribution is -2.18. The molecule has 108 valence electrons. The molecule has 1 unspecified atom stereocenters. The van der Waals surface area contributed by atoms with E-state index in [1.807, 2.05) is 12.1 Å². The number of nitrogens with one attached hydrogen (secondary N) is 1. The van der Waals surface area contributed by atoms with Gasteiger partial charge in [0.2, 0.25) is 0 Å². The standard InChI is InChI=1S/C16H21NO2S/c1-11-7-8-20-16(11)10-17-12(2)14-6-5-13(18-3)9-15(14)19-4/h5-9,12,17H,10H2,1-4H3. The smallest absolute Gasteiger partial charge is 0.127 e. The third kappa shape index (κ3) is 3.32. The molecule has 1 aromatic carbocycles. The van der Waals surface area contributed by atoms with E-state index in [1.165, 1.54) is 10.4 Å². The van der Waals surface area contributed by atoms with Crippen LogP contribution in [0.15, 0.2) is 29.6 Å². The third-order valence-corrected chi connectivity index (χ3v) is 4.47. The van der Waals surface area contributed by atoms with Crippen molar-refractivity contribution >= 4 is 11.3 Å². The van der Waals surface area contributed by atoms with Gasteiger partial charge >= 0.3 is 0 Å². The van der Waals surface area contributed by atoms with Gasteiger partial charge in [-0.2, -0.15) is 0 Å². The van der Waals surface area contributed by atoms with Crippen LogP contribution in [0.4, 0.5) is 0 Å². The average Bonchev–Trinajstić information content (AvgIpc) is 2.89. The molecule has 0 bridgehead atoms. The monoisotopic (exact) mass is 291 g/mol. The topological polar surface area (TPSA) is 30.5 Å². The highest BCUT2D eigenvalue weighted by molar-refractivity contribution is 7.10. The highest BCUT2D eigenvalue weighted by atomic mass is 32.1. The fourth-order valence-corrected chi connectivity index (χ4v) is 2.97. The van der Waals surface area contributed by atoms with Crippen LogP contribution in [0.3, 0.4) is 0 Å². The minimum atomic E-state index is 0.220. The van der Waals surface area contributed by atoms with Crippen LogP contribution in [0.5, 0.6) is 11.5 Å². The van der Waals surface area contributed by atoms with Crippen molar-refractivity contribution in [3.05, 3.63) is 45.6 Å². The van der Waals surface area contributed by atoms with Gasteiger partial charge in [0.25, 0.3) is 0 Å². The molecule has 2 rings (SSSR count). The van der Waals surface area contributed by atoms with Gasteiger partial charge < -0.3 is 14.8 Å². The first kappa shape index (κ1) is 14.9. The minimum Gasteiger partial charge on any atom is -0.497 e. The summed E-state index contributed by atoms with van der Waals surface area (Å²) < 4.78 is 10.7. The second-order valence-corrected chi connectivity index (χ2v) is 5.74. The molecule has 0 saturated carbocycles. The molecule has 1 heterocycles. The normalized spacial score (nSPS) is 12.2. The molecule has 0 aliphatic heterocycles. The Balaban J connectivity index is 2.08. The summed E-state index contributed by atoms with van der Waals surface area (Å²) in [6.07, 6.45) is 0. The van der Waals surface area contributed by atoms with Crippen molar-refractivity contribution in [3.63, 3.8) is 0 Å². The van der Waals surface area contributed by atoms with E-state index in [1.54, 1.807) is 25.6 Å². The molecule has 0 fully saturated rings. The number of benzene rings is 1. The van der Waals surface area contributed by atoms with Crippen molar-refractivity contribution in [2.45, 2.75) is 26.4 Å². The number of hydrogen-bond acceptors (Lipinski definition) is 4. The van der Waals surface area contributed by atoms with E-state index in [4.69, 9.17) is 9.47 Å². The molecule has 3 nitrogen and oxygen atoms in total. The highest BCUT2D eigenvalue weighted by Crippen LogP contribution is 2.29. The van der Waals surface area contributed by atoms with E-state index in [0.717, 1.165) is 23.6 Å². The summed E-state index contributed by atoms with van der Waals surface area (Å²) in [5.74, 6) is 1.67. The van der Waals surface area contributed by atoms with Gasteiger partial charge in [-0.3, -0.25) is 0 Å². The number of hydrogen-bond donors (Lipinski definition) is 1. The van der Waals surface area contributed by atoms with Crippen LogP contribution in [0.25, 0.3) is 0 Å². The Kier molecular flexibility index (Phi) is 5.04. The van der Waals surface area contributed by atoms with Crippen molar-refractivity contribution in [2.24, 2.45) is 0 Å². The second-order valence-electron chi connectivity index (χ2n) is 4.74. The zero-order chi connectivity index (χ0) is 14.5. The van der Waals surface area contributed by atoms with E-state index in [9.17, 15) is 0 Å². The van der Waals surface area contributed by atoms with E-state index >= 15 is 0 Å². The van der Waals surface area contributed by atoms with Gasteiger partial charge in [-0.15, -0.1) is 11.3 Å². The van der Waals surface area contributed by atoms with Crippen LogP contribution in [0.1, 0.15) is 29.0 Å². The predicted octanol–water partition coefficient (Wildman–Crippen LogP) is 3.92. The lowest BCUT2D eigenvalue weighted by Gasteiger charge is -2.18. The van der Waals surface area contributed by atoms with Gasteiger partial charge in [0.15, 0.2) is 0 Å².